The minimum absolute atomic E-state index is 0.0360. The van der Waals surface area contributed by atoms with Gasteiger partial charge < -0.3 is 14.6 Å². The summed E-state index contributed by atoms with van der Waals surface area (Å²) in [6.07, 6.45) is 0. The van der Waals surface area contributed by atoms with Gasteiger partial charge in [-0.05, 0) is 35.9 Å². The molecule has 148 valence electrons. The van der Waals surface area contributed by atoms with E-state index in [4.69, 9.17) is 9.47 Å². The summed E-state index contributed by atoms with van der Waals surface area (Å²) < 4.78 is 10.7. The lowest BCUT2D eigenvalue weighted by Gasteiger charge is -2.25. The van der Waals surface area contributed by atoms with E-state index >= 15 is 0 Å². The fourth-order valence-electron chi connectivity index (χ4n) is 3.84. The van der Waals surface area contributed by atoms with Gasteiger partial charge in [0.1, 0.15) is 5.76 Å². The molecule has 1 N–H and O–H groups in total. The van der Waals surface area contributed by atoms with E-state index in [0.717, 1.165) is 5.56 Å². The molecule has 0 saturated carbocycles. The zero-order valence-corrected chi connectivity index (χ0v) is 15.8. The second-order valence-electron chi connectivity index (χ2n) is 6.98. The number of carbonyl (C=O) groups is 2. The van der Waals surface area contributed by atoms with E-state index in [1.165, 1.54) is 4.90 Å². The van der Waals surface area contributed by atoms with Crippen LogP contribution in [0.2, 0.25) is 0 Å². The van der Waals surface area contributed by atoms with Crippen LogP contribution in [0.4, 0.5) is 5.69 Å². The van der Waals surface area contributed by atoms with Crippen LogP contribution in [-0.4, -0.2) is 23.6 Å². The van der Waals surface area contributed by atoms with Gasteiger partial charge in [-0.2, -0.15) is 0 Å². The lowest BCUT2D eigenvalue weighted by molar-refractivity contribution is -0.132. The number of nitrogens with zero attached hydrogens (tertiary/aromatic N) is 1. The van der Waals surface area contributed by atoms with Crippen molar-refractivity contribution in [3.63, 3.8) is 0 Å². The van der Waals surface area contributed by atoms with Gasteiger partial charge in [0.05, 0.1) is 11.6 Å². The number of benzene rings is 3. The van der Waals surface area contributed by atoms with Crippen molar-refractivity contribution in [3.05, 3.63) is 95.6 Å². The molecule has 5 rings (SSSR count). The van der Waals surface area contributed by atoms with Gasteiger partial charge in [-0.3, -0.25) is 14.5 Å². The number of para-hydroxylation sites is 1. The number of Topliss-reactive ketones (excluding diaryl/α,β-unsaturated/α-hetero) is 1. The van der Waals surface area contributed by atoms with Crippen molar-refractivity contribution in [2.45, 2.75) is 6.04 Å². The van der Waals surface area contributed by atoms with E-state index < -0.39 is 17.7 Å². The van der Waals surface area contributed by atoms with Crippen molar-refractivity contribution < 1.29 is 24.2 Å². The van der Waals surface area contributed by atoms with E-state index in [1.807, 2.05) is 36.4 Å². The molecule has 3 aromatic rings. The molecule has 1 atom stereocenters. The molecule has 30 heavy (non-hydrogen) atoms. The highest BCUT2D eigenvalue weighted by Gasteiger charge is 2.46. The molecule has 1 fully saturated rings. The quantitative estimate of drug-likeness (QED) is 0.409. The zero-order valence-electron chi connectivity index (χ0n) is 15.8. The Labute approximate surface area is 172 Å². The first kappa shape index (κ1) is 18.0. The van der Waals surface area contributed by atoms with Gasteiger partial charge in [-0.15, -0.1) is 0 Å². The SMILES string of the molecule is O=C1C(=O)N(c2ccccc2)C(c2ccccc2)/C1=C(/O)c1ccc2c(c1)OCO2. The fraction of sp³-hybridized carbons (Fsp3) is 0.0833. The minimum atomic E-state index is -0.751. The maximum atomic E-state index is 13.1. The summed E-state index contributed by atoms with van der Waals surface area (Å²) in [7, 11) is 0. The molecule has 2 aliphatic rings. The Kier molecular flexibility index (Phi) is 4.25. The number of carbonyl (C=O) groups excluding carboxylic acids is 2. The van der Waals surface area contributed by atoms with Crippen LogP contribution in [0.25, 0.3) is 5.76 Å². The predicted octanol–water partition coefficient (Wildman–Crippen LogP) is 4.04. The van der Waals surface area contributed by atoms with E-state index in [-0.39, 0.29) is 18.1 Å². The number of rotatable bonds is 3. The molecule has 0 aliphatic carbocycles. The Morgan fingerprint density at radius 3 is 2.27 bits per heavy atom. The van der Waals surface area contributed by atoms with Crippen LogP contribution in [-0.2, 0) is 9.59 Å². The molecule has 1 saturated heterocycles. The van der Waals surface area contributed by atoms with Gasteiger partial charge in [0, 0.05) is 11.3 Å². The Morgan fingerprint density at radius 2 is 1.53 bits per heavy atom. The third kappa shape index (κ3) is 2.81. The van der Waals surface area contributed by atoms with Crippen LogP contribution in [0.1, 0.15) is 17.2 Å². The van der Waals surface area contributed by atoms with Gasteiger partial charge >= 0.3 is 0 Å². The minimum Gasteiger partial charge on any atom is -0.507 e. The van der Waals surface area contributed by atoms with Crippen molar-refractivity contribution in [2.75, 3.05) is 11.7 Å². The highest BCUT2D eigenvalue weighted by atomic mass is 16.7. The van der Waals surface area contributed by atoms with Crippen molar-refractivity contribution >= 4 is 23.1 Å². The highest BCUT2D eigenvalue weighted by Crippen LogP contribution is 2.43. The Hall–Kier alpha value is -4.06. The number of hydrogen-bond acceptors (Lipinski definition) is 5. The van der Waals surface area contributed by atoms with Gasteiger partial charge in [-0.25, -0.2) is 0 Å². The molecular weight excluding hydrogens is 382 g/mol. The third-order valence-electron chi connectivity index (χ3n) is 5.24. The topological polar surface area (TPSA) is 76.1 Å². The Balaban J connectivity index is 1.70. The van der Waals surface area contributed by atoms with Crippen molar-refractivity contribution in [2.24, 2.45) is 0 Å². The lowest BCUT2D eigenvalue weighted by Crippen LogP contribution is -2.29. The van der Waals surface area contributed by atoms with Crippen LogP contribution in [0, 0.1) is 0 Å². The average Bonchev–Trinajstić information content (AvgIpc) is 3.36. The van der Waals surface area contributed by atoms with Crippen LogP contribution >= 0.6 is 0 Å². The van der Waals surface area contributed by atoms with Gasteiger partial charge in [0.25, 0.3) is 11.7 Å². The van der Waals surface area contributed by atoms with E-state index in [0.29, 0.717) is 22.7 Å². The van der Waals surface area contributed by atoms with Crippen LogP contribution in [0.3, 0.4) is 0 Å². The summed E-state index contributed by atoms with van der Waals surface area (Å²) in [5, 5.41) is 11.1. The molecule has 2 aliphatic heterocycles. The molecule has 6 nitrogen and oxygen atoms in total. The molecule has 2 heterocycles. The largest absolute Gasteiger partial charge is 0.507 e. The highest BCUT2D eigenvalue weighted by molar-refractivity contribution is 6.51. The maximum Gasteiger partial charge on any atom is 0.300 e. The molecule has 6 heteroatoms. The summed E-state index contributed by atoms with van der Waals surface area (Å²) in [6.45, 7) is 0.0992. The summed E-state index contributed by atoms with van der Waals surface area (Å²) in [5.74, 6) is -0.623. The second kappa shape index (κ2) is 7.08. The molecule has 0 bridgehead atoms. The van der Waals surface area contributed by atoms with Crippen molar-refractivity contribution in [1.29, 1.82) is 0 Å². The first-order chi connectivity index (χ1) is 14.6. The van der Waals surface area contributed by atoms with Gasteiger partial charge in [0.15, 0.2) is 11.5 Å². The number of amides is 1. The molecule has 1 unspecified atom stereocenters. The average molecular weight is 399 g/mol. The number of hydrogen-bond donors (Lipinski definition) is 1. The lowest BCUT2D eigenvalue weighted by atomic mass is 9.95. The predicted molar refractivity (Wildman–Crippen MR) is 110 cm³/mol. The van der Waals surface area contributed by atoms with Crippen LogP contribution < -0.4 is 14.4 Å². The third-order valence-corrected chi connectivity index (χ3v) is 5.24. The molecule has 3 aromatic carbocycles. The van der Waals surface area contributed by atoms with E-state index in [1.54, 1.807) is 42.5 Å². The standard InChI is InChI=1S/C24H17NO5/c26-22(16-11-12-18-19(13-16)30-14-29-18)20-21(15-7-3-1-4-8-15)25(24(28)23(20)27)17-9-5-2-6-10-17/h1-13,21,26H,14H2/b22-20-. The van der Waals surface area contributed by atoms with Gasteiger partial charge in [-0.1, -0.05) is 48.5 Å². The first-order valence-corrected chi connectivity index (χ1v) is 9.46. The molecule has 0 radical (unpaired) electrons. The zero-order chi connectivity index (χ0) is 20.7. The molecule has 0 spiro atoms. The summed E-state index contributed by atoms with van der Waals surface area (Å²) in [5.41, 5.74) is 1.72. The van der Waals surface area contributed by atoms with E-state index in [9.17, 15) is 14.7 Å². The first-order valence-electron chi connectivity index (χ1n) is 9.46. The number of anilines is 1. The maximum absolute atomic E-state index is 13.1. The van der Waals surface area contributed by atoms with Gasteiger partial charge in [0.2, 0.25) is 6.79 Å². The normalized spacial score (nSPS) is 19.3. The van der Waals surface area contributed by atoms with Crippen molar-refractivity contribution in [1.82, 2.24) is 0 Å². The second-order valence-corrected chi connectivity index (χ2v) is 6.98. The number of ether oxygens (including phenoxy) is 2. The number of fused-ring (bicyclic) bond motifs is 1. The Morgan fingerprint density at radius 1 is 0.867 bits per heavy atom. The number of ketones is 1. The smallest absolute Gasteiger partial charge is 0.300 e. The monoisotopic (exact) mass is 399 g/mol. The number of aliphatic hydroxyl groups is 1. The molecular formula is C24H17NO5. The van der Waals surface area contributed by atoms with E-state index in [2.05, 4.69) is 0 Å². The van der Waals surface area contributed by atoms with Crippen molar-refractivity contribution in [3.8, 4) is 11.5 Å². The summed E-state index contributed by atoms with van der Waals surface area (Å²) >= 11 is 0. The fourth-order valence-corrected chi connectivity index (χ4v) is 3.84. The molecule has 0 aromatic heterocycles. The van der Waals surface area contributed by atoms with Crippen LogP contribution in [0.5, 0.6) is 11.5 Å². The number of aliphatic hydroxyl groups excluding tert-OH is 1. The Bertz CT molecular complexity index is 1170. The summed E-state index contributed by atoms with van der Waals surface area (Å²) in [6, 6.07) is 22.3. The summed E-state index contributed by atoms with van der Waals surface area (Å²) in [4.78, 5) is 27.5. The molecule has 1 amide bonds. The van der Waals surface area contributed by atoms with Crippen LogP contribution in [0.15, 0.2) is 84.4 Å².